The fraction of sp³-hybridized carbons (Fsp3) is 1.00. The first-order chi connectivity index (χ1) is 7.79. The van der Waals surface area contributed by atoms with Crippen LogP contribution in [0.25, 0.3) is 0 Å². The monoisotopic (exact) mass is 225 g/mol. The zero-order chi connectivity index (χ0) is 11.4. The summed E-state index contributed by atoms with van der Waals surface area (Å²) in [5, 5.41) is 10.5. The van der Waals surface area contributed by atoms with Crippen molar-refractivity contribution in [3.05, 3.63) is 0 Å². The average molecular weight is 225 g/mol. The molecule has 1 aliphatic heterocycles. The van der Waals surface area contributed by atoms with Crippen molar-refractivity contribution < 1.29 is 5.11 Å². The van der Waals surface area contributed by atoms with Crippen molar-refractivity contribution in [1.82, 2.24) is 4.90 Å². The minimum atomic E-state index is -0.0759. The van der Waals surface area contributed by atoms with Crippen LogP contribution in [-0.4, -0.2) is 34.7 Å². The Bertz CT molecular complexity index is 205. The van der Waals surface area contributed by atoms with Crippen molar-refractivity contribution in [3.8, 4) is 0 Å². The van der Waals surface area contributed by atoms with Gasteiger partial charge in [-0.25, -0.2) is 0 Å². The van der Waals surface area contributed by atoms with Crippen LogP contribution >= 0.6 is 0 Å². The maximum atomic E-state index is 10.5. The van der Waals surface area contributed by atoms with Crippen LogP contribution in [0, 0.1) is 0 Å². The summed E-state index contributed by atoms with van der Waals surface area (Å²) in [5.41, 5.74) is 0.172. The topological polar surface area (TPSA) is 23.5 Å². The minimum Gasteiger partial charge on any atom is -0.391 e. The van der Waals surface area contributed by atoms with Gasteiger partial charge in [-0.2, -0.15) is 0 Å². The van der Waals surface area contributed by atoms with Gasteiger partial charge in [0.05, 0.1) is 6.10 Å². The van der Waals surface area contributed by atoms with Crippen molar-refractivity contribution in [2.24, 2.45) is 0 Å². The lowest BCUT2D eigenvalue weighted by atomic mass is 9.85. The molecule has 2 nitrogen and oxygen atoms in total. The Morgan fingerprint density at radius 3 is 2.31 bits per heavy atom. The summed E-state index contributed by atoms with van der Waals surface area (Å²) in [7, 11) is 0. The van der Waals surface area contributed by atoms with Gasteiger partial charge in [-0.05, 0) is 45.2 Å². The quantitative estimate of drug-likeness (QED) is 0.777. The molecule has 2 fully saturated rings. The van der Waals surface area contributed by atoms with Crippen LogP contribution in [0.4, 0.5) is 0 Å². The van der Waals surface area contributed by atoms with Crippen molar-refractivity contribution in [3.63, 3.8) is 0 Å². The maximum absolute atomic E-state index is 10.5. The van der Waals surface area contributed by atoms with E-state index in [-0.39, 0.29) is 11.6 Å². The second-order valence-electron chi connectivity index (χ2n) is 5.66. The highest BCUT2D eigenvalue weighted by molar-refractivity contribution is 5.01. The summed E-state index contributed by atoms with van der Waals surface area (Å²) in [6, 6.07) is 0. The first kappa shape index (κ1) is 12.4. The zero-order valence-electron chi connectivity index (χ0n) is 10.7. The van der Waals surface area contributed by atoms with Gasteiger partial charge in [0.15, 0.2) is 0 Å². The standard InChI is InChI=1S/C14H27NO/c1-2-3-8-13(16)14(9-4-5-10-14)15-11-6-7-12-15/h13,16H,2-12H2,1H3. The molecule has 0 aromatic heterocycles. The lowest BCUT2D eigenvalue weighted by Crippen LogP contribution is -2.53. The molecule has 1 saturated carbocycles. The number of hydrogen-bond donors (Lipinski definition) is 1. The van der Waals surface area contributed by atoms with Crippen LogP contribution in [0.2, 0.25) is 0 Å². The third kappa shape index (κ3) is 2.28. The van der Waals surface area contributed by atoms with E-state index in [4.69, 9.17) is 0 Å². The van der Waals surface area contributed by atoms with Crippen molar-refractivity contribution >= 4 is 0 Å². The third-order valence-corrected chi connectivity index (χ3v) is 4.66. The highest BCUT2D eigenvalue weighted by Gasteiger charge is 2.45. The van der Waals surface area contributed by atoms with Gasteiger partial charge in [0.1, 0.15) is 0 Å². The summed E-state index contributed by atoms with van der Waals surface area (Å²) in [6.07, 6.45) is 11.1. The van der Waals surface area contributed by atoms with Crippen LogP contribution in [0.15, 0.2) is 0 Å². The maximum Gasteiger partial charge on any atom is 0.0723 e. The smallest absolute Gasteiger partial charge is 0.0723 e. The highest BCUT2D eigenvalue weighted by Crippen LogP contribution is 2.41. The summed E-state index contributed by atoms with van der Waals surface area (Å²) in [4.78, 5) is 2.61. The van der Waals surface area contributed by atoms with Gasteiger partial charge in [0.2, 0.25) is 0 Å². The van der Waals surface area contributed by atoms with Crippen molar-refractivity contribution in [1.29, 1.82) is 0 Å². The lowest BCUT2D eigenvalue weighted by Gasteiger charge is -2.42. The Hall–Kier alpha value is -0.0800. The number of rotatable bonds is 5. The Balaban J connectivity index is 2.01. The molecule has 1 saturated heterocycles. The second kappa shape index (κ2) is 5.50. The molecule has 1 heterocycles. The number of aliphatic hydroxyl groups excluding tert-OH is 1. The number of nitrogens with zero attached hydrogens (tertiary/aromatic N) is 1. The van der Waals surface area contributed by atoms with Crippen LogP contribution in [0.3, 0.4) is 0 Å². The normalized spacial score (nSPS) is 27.4. The summed E-state index contributed by atoms with van der Waals surface area (Å²) >= 11 is 0. The molecule has 2 rings (SSSR count). The number of hydrogen-bond acceptors (Lipinski definition) is 2. The van der Waals surface area contributed by atoms with Crippen molar-refractivity contribution in [2.75, 3.05) is 13.1 Å². The Kier molecular flexibility index (Phi) is 4.26. The van der Waals surface area contributed by atoms with Gasteiger partial charge >= 0.3 is 0 Å². The Labute approximate surface area is 100 Å². The van der Waals surface area contributed by atoms with E-state index < -0.39 is 0 Å². The molecule has 1 atom stereocenters. The molecule has 1 N–H and O–H groups in total. The van der Waals surface area contributed by atoms with E-state index >= 15 is 0 Å². The molecule has 94 valence electrons. The minimum absolute atomic E-state index is 0.0759. The molecule has 0 aromatic carbocycles. The largest absolute Gasteiger partial charge is 0.391 e. The van der Waals surface area contributed by atoms with Crippen LogP contribution in [0.1, 0.15) is 64.7 Å². The summed E-state index contributed by atoms with van der Waals surface area (Å²) < 4.78 is 0. The van der Waals surface area contributed by atoms with Crippen LogP contribution < -0.4 is 0 Å². The fourth-order valence-corrected chi connectivity index (χ4v) is 3.68. The van der Waals surface area contributed by atoms with Gasteiger partial charge in [-0.1, -0.05) is 32.6 Å². The number of likely N-dealkylation sites (tertiary alicyclic amines) is 1. The molecular weight excluding hydrogens is 198 g/mol. The van der Waals surface area contributed by atoms with E-state index in [1.54, 1.807) is 0 Å². The second-order valence-corrected chi connectivity index (χ2v) is 5.66. The molecule has 2 aliphatic rings. The van der Waals surface area contributed by atoms with Gasteiger partial charge in [0, 0.05) is 5.54 Å². The molecule has 1 unspecified atom stereocenters. The number of unbranched alkanes of at least 4 members (excludes halogenated alkanes) is 1. The Morgan fingerprint density at radius 2 is 1.75 bits per heavy atom. The molecular formula is C14H27NO. The van der Waals surface area contributed by atoms with Crippen LogP contribution in [-0.2, 0) is 0 Å². The van der Waals surface area contributed by atoms with E-state index in [9.17, 15) is 5.11 Å². The SMILES string of the molecule is CCCCC(O)C1(N2CCCC2)CCCC1. The van der Waals surface area contributed by atoms with E-state index in [0.29, 0.717) is 0 Å². The van der Waals surface area contributed by atoms with Gasteiger partial charge < -0.3 is 5.11 Å². The predicted octanol–water partition coefficient (Wildman–Crippen LogP) is 2.95. The number of aliphatic hydroxyl groups is 1. The van der Waals surface area contributed by atoms with Gasteiger partial charge in [-0.3, -0.25) is 4.90 Å². The Morgan fingerprint density at radius 1 is 1.12 bits per heavy atom. The van der Waals surface area contributed by atoms with E-state index in [1.165, 1.54) is 64.5 Å². The predicted molar refractivity (Wildman–Crippen MR) is 67.5 cm³/mol. The van der Waals surface area contributed by atoms with E-state index in [1.807, 2.05) is 0 Å². The van der Waals surface area contributed by atoms with Crippen LogP contribution in [0.5, 0.6) is 0 Å². The van der Waals surface area contributed by atoms with Gasteiger partial charge in [0.25, 0.3) is 0 Å². The highest BCUT2D eigenvalue weighted by atomic mass is 16.3. The first-order valence-corrected chi connectivity index (χ1v) is 7.23. The molecule has 0 bridgehead atoms. The van der Waals surface area contributed by atoms with Crippen molar-refractivity contribution in [2.45, 2.75) is 76.4 Å². The molecule has 0 radical (unpaired) electrons. The molecule has 16 heavy (non-hydrogen) atoms. The summed E-state index contributed by atoms with van der Waals surface area (Å²) in [5.74, 6) is 0. The third-order valence-electron chi connectivity index (χ3n) is 4.66. The molecule has 0 amide bonds. The first-order valence-electron chi connectivity index (χ1n) is 7.23. The molecule has 2 heteroatoms. The van der Waals surface area contributed by atoms with Gasteiger partial charge in [-0.15, -0.1) is 0 Å². The molecule has 0 aromatic rings. The fourth-order valence-electron chi connectivity index (χ4n) is 3.68. The van der Waals surface area contributed by atoms with E-state index in [0.717, 1.165) is 6.42 Å². The van der Waals surface area contributed by atoms with E-state index in [2.05, 4.69) is 11.8 Å². The lowest BCUT2D eigenvalue weighted by molar-refractivity contribution is -0.0229. The summed E-state index contributed by atoms with van der Waals surface area (Å²) in [6.45, 7) is 4.66. The molecule has 1 aliphatic carbocycles. The average Bonchev–Trinajstić information content (AvgIpc) is 2.95. The zero-order valence-corrected chi connectivity index (χ0v) is 10.7. The molecule has 0 spiro atoms.